The number of halogens is 3. The number of sulfonamides is 1. The van der Waals surface area contributed by atoms with Crippen molar-refractivity contribution in [1.29, 1.82) is 0 Å². The van der Waals surface area contributed by atoms with E-state index in [2.05, 4.69) is 4.74 Å². The topological polar surface area (TPSA) is 63.7 Å². The number of benzene rings is 1. The number of rotatable bonds is 4. The Hall–Kier alpha value is -0.890. The maximum absolute atomic E-state index is 13.5. The Bertz CT molecular complexity index is 606. The quantitative estimate of drug-likeness (QED) is 0.625. The fourth-order valence-electron chi connectivity index (χ4n) is 1.21. The summed E-state index contributed by atoms with van der Waals surface area (Å²) < 4.78 is 42.7. The summed E-state index contributed by atoms with van der Waals surface area (Å²) in [5.41, 5.74) is 0. The normalized spacial score (nSPS) is 11.7. The van der Waals surface area contributed by atoms with Crippen LogP contribution in [0.1, 0.15) is 0 Å². The molecule has 0 aromatic heterocycles. The monoisotopic (exact) mass is 329 g/mol. The van der Waals surface area contributed by atoms with Crippen LogP contribution in [0.25, 0.3) is 0 Å². The summed E-state index contributed by atoms with van der Waals surface area (Å²) in [5, 5.41) is -0.913. The van der Waals surface area contributed by atoms with E-state index in [0.717, 1.165) is 26.3 Å². The molecule has 0 aliphatic heterocycles. The molecule has 0 fully saturated rings. The van der Waals surface area contributed by atoms with Gasteiger partial charge in [-0.25, -0.2) is 12.8 Å². The van der Waals surface area contributed by atoms with Crippen molar-refractivity contribution in [3.8, 4) is 0 Å². The molecule has 0 unspecified atom stereocenters. The van der Waals surface area contributed by atoms with Gasteiger partial charge in [-0.05, 0) is 12.1 Å². The van der Waals surface area contributed by atoms with E-state index in [-0.39, 0.29) is 5.02 Å². The van der Waals surface area contributed by atoms with Gasteiger partial charge in [0, 0.05) is 7.05 Å². The van der Waals surface area contributed by atoms with Gasteiger partial charge in [-0.2, -0.15) is 4.31 Å². The number of esters is 1. The molecule has 0 aliphatic rings. The van der Waals surface area contributed by atoms with Gasteiger partial charge in [0.05, 0.1) is 17.2 Å². The second-order valence-corrected chi connectivity index (χ2v) is 6.31. The van der Waals surface area contributed by atoms with Crippen LogP contribution in [0.15, 0.2) is 17.0 Å². The van der Waals surface area contributed by atoms with Crippen LogP contribution in [0.3, 0.4) is 0 Å². The van der Waals surface area contributed by atoms with Crippen LogP contribution in [0.4, 0.5) is 4.39 Å². The summed E-state index contributed by atoms with van der Waals surface area (Å²) in [6.07, 6.45) is 0. The smallest absolute Gasteiger partial charge is 0.321 e. The Morgan fingerprint density at radius 3 is 2.53 bits per heavy atom. The third-order valence-electron chi connectivity index (χ3n) is 2.27. The maximum atomic E-state index is 13.5. The van der Waals surface area contributed by atoms with Gasteiger partial charge >= 0.3 is 5.97 Å². The van der Waals surface area contributed by atoms with Gasteiger partial charge in [-0.1, -0.05) is 23.2 Å². The second-order valence-electron chi connectivity index (χ2n) is 3.51. The summed E-state index contributed by atoms with van der Waals surface area (Å²) in [5.74, 6) is -1.78. The van der Waals surface area contributed by atoms with E-state index in [1.807, 2.05) is 0 Å². The van der Waals surface area contributed by atoms with E-state index < -0.39 is 38.3 Å². The highest BCUT2D eigenvalue weighted by atomic mass is 35.5. The first kappa shape index (κ1) is 16.2. The Balaban J connectivity index is 3.21. The summed E-state index contributed by atoms with van der Waals surface area (Å²) in [6.45, 7) is -0.514. The number of carbonyl (C=O) groups is 1. The Morgan fingerprint density at radius 1 is 1.42 bits per heavy atom. The van der Waals surface area contributed by atoms with Crippen LogP contribution in [0, 0.1) is 5.82 Å². The summed E-state index contributed by atoms with van der Waals surface area (Å²) in [4.78, 5) is 10.6. The first-order valence-corrected chi connectivity index (χ1v) is 7.08. The molecule has 19 heavy (non-hydrogen) atoms. The molecule has 1 rings (SSSR count). The van der Waals surface area contributed by atoms with Crippen molar-refractivity contribution in [1.82, 2.24) is 4.31 Å². The molecule has 0 bridgehead atoms. The molecule has 0 aliphatic carbocycles. The van der Waals surface area contributed by atoms with Crippen molar-refractivity contribution >= 4 is 39.2 Å². The third kappa shape index (κ3) is 3.36. The average Bonchev–Trinajstić information content (AvgIpc) is 2.35. The zero-order valence-corrected chi connectivity index (χ0v) is 12.3. The SMILES string of the molecule is COC(=O)CN(C)S(=O)(=O)c1ccc(Cl)c(F)c1Cl. The number of likely N-dealkylation sites (N-methyl/N-ethyl adjacent to an activating group) is 1. The highest BCUT2D eigenvalue weighted by Gasteiger charge is 2.27. The number of hydrogen-bond acceptors (Lipinski definition) is 4. The molecule has 0 saturated carbocycles. The molecule has 5 nitrogen and oxygen atoms in total. The average molecular weight is 330 g/mol. The van der Waals surface area contributed by atoms with Crippen LogP contribution in [0.2, 0.25) is 10.0 Å². The highest BCUT2D eigenvalue weighted by Crippen LogP contribution is 2.30. The largest absolute Gasteiger partial charge is 0.468 e. The molecule has 1 aromatic carbocycles. The molecule has 9 heteroatoms. The van der Waals surface area contributed by atoms with Gasteiger partial charge in [-0.15, -0.1) is 0 Å². The van der Waals surface area contributed by atoms with Crippen LogP contribution < -0.4 is 0 Å². The van der Waals surface area contributed by atoms with Gasteiger partial charge < -0.3 is 4.74 Å². The van der Waals surface area contributed by atoms with Crippen LogP contribution in [-0.4, -0.2) is 39.4 Å². The minimum absolute atomic E-state index is 0.292. The Kier molecular flexibility index (Phi) is 5.14. The molecule has 1 aromatic rings. The summed E-state index contributed by atoms with van der Waals surface area (Å²) >= 11 is 11.1. The van der Waals surface area contributed by atoms with E-state index >= 15 is 0 Å². The first-order chi connectivity index (χ1) is 8.71. The molecule has 0 heterocycles. The van der Waals surface area contributed by atoms with Crippen molar-refractivity contribution in [3.05, 3.63) is 28.0 Å². The lowest BCUT2D eigenvalue weighted by Gasteiger charge is -2.17. The lowest BCUT2D eigenvalue weighted by molar-refractivity contribution is -0.140. The fourth-order valence-corrected chi connectivity index (χ4v) is 3.04. The van der Waals surface area contributed by atoms with Gasteiger partial charge in [-0.3, -0.25) is 4.79 Å². The van der Waals surface area contributed by atoms with Crippen molar-refractivity contribution in [2.24, 2.45) is 0 Å². The van der Waals surface area contributed by atoms with E-state index in [9.17, 15) is 17.6 Å². The maximum Gasteiger partial charge on any atom is 0.321 e. The van der Waals surface area contributed by atoms with Gasteiger partial charge in [0.1, 0.15) is 11.4 Å². The molecule has 0 N–H and O–H groups in total. The van der Waals surface area contributed by atoms with Crippen LogP contribution in [-0.2, 0) is 19.6 Å². The third-order valence-corrected chi connectivity index (χ3v) is 4.89. The highest BCUT2D eigenvalue weighted by molar-refractivity contribution is 7.89. The van der Waals surface area contributed by atoms with E-state index in [4.69, 9.17) is 23.2 Å². The molecule has 106 valence electrons. The first-order valence-electron chi connectivity index (χ1n) is 4.88. The van der Waals surface area contributed by atoms with Crippen LogP contribution in [0.5, 0.6) is 0 Å². The van der Waals surface area contributed by atoms with Crippen molar-refractivity contribution < 1.29 is 22.3 Å². The standard InChI is InChI=1S/C10H10Cl2FNO4S/c1-14(5-8(15)18-2)19(16,17)7-4-3-6(11)10(13)9(7)12/h3-4H,5H2,1-2H3. The van der Waals surface area contributed by atoms with E-state index in [1.165, 1.54) is 0 Å². The second kappa shape index (κ2) is 6.04. The molecule has 0 atom stereocenters. The number of hydrogen-bond donors (Lipinski definition) is 0. The van der Waals surface area contributed by atoms with Crippen molar-refractivity contribution in [3.63, 3.8) is 0 Å². The molecule has 0 radical (unpaired) electrons. The zero-order valence-electron chi connectivity index (χ0n) is 9.98. The minimum atomic E-state index is -4.11. The van der Waals surface area contributed by atoms with Crippen LogP contribution >= 0.6 is 23.2 Å². The Morgan fingerprint density at radius 2 is 2.00 bits per heavy atom. The summed E-state index contributed by atoms with van der Waals surface area (Å²) in [7, 11) is -1.84. The van der Waals surface area contributed by atoms with Crippen molar-refractivity contribution in [2.45, 2.75) is 4.90 Å². The molecule has 0 saturated heterocycles. The molecular weight excluding hydrogens is 320 g/mol. The summed E-state index contributed by atoms with van der Waals surface area (Å²) in [6, 6.07) is 2.14. The van der Waals surface area contributed by atoms with E-state index in [1.54, 1.807) is 0 Å². The van der Waals surface area contributed by atoms with E-state index in [0.29, 0.717) is 4.31 Å². The van der Waals surface area contributed by atoms with Gasteiger partial charge in [0.2, 0.25) is 10.0 Å². The minimum Gasteiger partial charge on any atom is -0.468 e. The van der Waals surface area contributed by atoms with Gasteiger partial charge in [0.15, 0.2) is 5.82 Å². The number of methoxy groups -OCH3 is 1. The number of nitrogens with zero attached hydrogens (tertiary/aromatic N) is 1. The molecular formula is C10H10Cl2FNO4S. The fraction of sp³-hybridized carbons (Fsp3) is 0.300. The number of ether oxygens (including phenoxy) is 1. The van der Waals surface area contributed by atoms with Gasteiger partial charge in [0.25, 0.3) is 0 Å². The predicted molar refractivity (Wildman–Crippen MR) is 68.3 cm³/mol. The predicted octanol–water partition coefficient (Wildman–Crippen LogP) is 1.93. The van der Waals surface area contributed by atoms with Crippen molar-refractivity contribution in [2.75, 3.05) is 20.7 Å². The zero-order chi connectivity index (χ0) is 14.8. The molecule has 0 amide bonds. The molecule has 0 spiro atoms. The lowest BCUT2D eigenvalue weighted by atomic mass is 10.3. The Labute approximate surface area is 119 Å². The lowest BCUT2D eigenvalue weighted by Crippen LogP contribution is -2.33. The number of carbonyl (C=O) groups excluding carboxylic acids is 1.